The highest BCUT2D eigenvalue weighted by Crippen LogP contribution is 2.33. The summed E-state index contributed by atoms with van der Waals surface area (Å²) in [4.78, 5) is 20.4. The van der Waals surface area contributed by atoms with Crippen LogP contribution in [0, 0.1) is 5.82 Å². The quantitative estimate of drug-likeness (QED) is 0.586. The molecule has 0 spiro atoms. The van der Waals surface area contributed by atoms with E-state index in [2.05, 4.69) is 4.57 Å². The van der Waals surface area contributed by atoms with Crippen molar-refractivity contribution in [2.75, 3.05) is 0 Å². The second kappa shape index (κ2) is 8.05. The smallest absolute Gasteiger partial charge is 0.274 e. The van der Waals surface area contributed by atoms with Gasteiger partial charge in [-0.3, -0.25) is 4.79 Å². The summed E-state index contributed by atoms with van der Waals surface area (Å²) in [5, 5.41) is 0. The van der Waals surface area contributed by atoms with Gasteiger partial charge in [-0.2, -0.15) is 0 Å². The molecule has 0 radical (unpaired) electrons. The molecule has 3 aromatic rings. The topological polar surface area (TPSA) is 38.1 Å². The Morgan fingerprint density at radius 1 is 1.03 bits per heavy atom. The minimum absolute atomic E-state index is 0.0615. The minimum Gasteiger partial charge on any atom is -0.330 e. The van der Waals surface area contributed by atoms with Crippen LogP contribution in [0.4, 0.5) is 4.39 Å². The van der Waals surface area contributed by atoms with Gasteiger partial charge in [-0.25, -0.2) is 9.37 Å². The van der Waals surface area contributed by atoms with Crippen LogP contribution in [-0.2, 0) is 19.5 Å². The Kier molecular flexibility index (Phi) is 5.11. The molecule has 2 aromatic carbocycles. The van der Waals surface area contributed by atoms with Crippen molar-refractivity contribution in [3.63, 3.8) is 0 Å². The lowest BCUT2D eigenvalue weighted by molar-refractivity contribution is 0.0721. The van der Waals surface area contributed by atoms with Crippen LogP contribution >= 0.6 is 0 Å². The molecule has 1 aliphatic heterocycles. The number of nitrogens with zero attached hydrogens (tertiary/aromatic N) is 3. The first-order valence-corrected chi connectivity index (χ1v) is 10.9. The third-order valence-corrected chi connectivity index (χ3v) is 6.15. The van der Waals surface area contributed by atoms with Crippen molar-refractivity contribution in [1.29, 1.82) is 0 Å². The van der Waals surface area contributed by atoms with E-state index >= 15 is 0 Å². The van der Waals surface area contributed by atoms with Gasteiger partial charge >= 0.3 is 0 Å². The van der Waals surface area contributed by atoms with Crippen molar-refractivity contribution < 1.29 is 9.18 Å². The normalized spacial score (nSPS) is 16.0. The van der Waals surface area contributed by atoms with Crippen LogP contribution in [0.1, 0.15) is 53.8 Å². The molecule has 0 unspecified atom stereocenters. The number of halogens is 1. The molecular weight excluding hydrogens is 377 g/mol. The molecule has 2 heterocycles. The van der Waals surface area contributed by atoms with Crippen molar-refractivity contribution in [3.05, 3.63) is 77.4 Å². The Hall–Kier alpha value is -2.95. The van der Waals surface area contributed by atoms with E-state index in [1.54, 1.807) is 12.1 Å². The van der Waals surface area contributed by atoms with Crippen molar-refractivity contribution in [3.8, 4) is 11.4 Å². The summed E-state index contributed by atoms with van der Waals surface area (Å²) >= 11 is 0. The molecule has 0 saturated heterocycles. The second-order valence-corrected chi connectivity index (χ2v) is 8.31. The predicted octanol–water partition coefficient (Wildman–Crippen LogP) is 5.22. The molecule has 30 heavy (non-hydrogen) atoms. The zero-order chi connectivity index (χ0) is 20.5. The Labute approximate surface area is 176 Å². The van der Waals surface area contributed by atoms with Gasteiger partial charge in [0.2, 0.25) is 0 Å². The minimum atomic E-state index is -0.260. The number of benzene rings is 2. The average molecular weight is 404 g/mol. The maximum absolute atomic E-state index is 14.3. The largest absolute Gasteiger partial charge is 0.330 e. The Balaban J connectivity index is 1.54. The van der Waals surface area contributed by atoms with Crippen molar-refractivity contribution in [1.82, 2.24) is 14.5 Å². The van der Waals surface area contributed by atoms with Gasteiger partial charge in [-0.1, -0.05) is 55.0 Å². The number of rotatable bonds is 5. The molecule has 2 aliphatic rings. The summed E-state index contributed by atoms with van der Waals surface area (Å²) < 4.78 is 16.5. The second-order valence-electron chi connectivity index (χ2n) is 8.31. The standard InChI is InChI=1S/C25H26FN3O/c26-21-12-7-6-11-19(21)17-29(20-14-15-20)25(30)23-22-13-5-2-8-16-28(22)24(27-23)18-9-3-1-4-10-18/h1,3-4,6-7,9-12,20H,2,5,8,13-17H2. The lowest BCUT2D eigenvalue weighted by atomic mass is 10.1. The van der Waals surface area contributed by atoms with Crippen LogP contribution < -0.4 is 0 Å². The van der Waals surface area contributed by atoms with Crippen LogP contribution in [0.25, 0.3) is 11.4 Å². The highest BCUT2D eigenvalue weighted by molar-refractivity contribution is 5.94. The number of hydrogen-bond donors (Lipinski definition) is 0. The van der Waals surface area contributed by atoms with Gasteiger partial charge in [0.1, 0.15) is 17.3 Å². The first-order chi connectivity index (χ1) is 14.7. The third-order valence-electron chi connectivity index (χ3n) is 6.15. The number of carbonyl (C=O) groups excluding carboxylic acids is 1. The molecule has 1 amide bonds. The maximum Gasteiger partial charge on any atom is 0.274 e. The van der Waals surface area contributed by atoms with Crippen molar-refractivity contribution >= 4 is 5.91 Å². The summed E-state index contributed by atoms with van der Waals surface area (Å²) in [7, 11) is 0. The van der Waals surface area contributed by atoms with E-state index in [0.717, 1.165) is 62.2 Å². The van der Waals surface area contributed by atoms with E-state index in [9.17, 15) is 9.18 Å². The zero-order valence-corrected chi connectivity index (χ0v) is 17.1. The lowest BCUT2D eigenvalue weighted by Crippen LogP contribution is -2.34. The molecule has 1 fully saturated rings. The van der Waals surface area contributed by atoms with Gasteiger partial charge in [0.25, 0.3) is 5.91 Å². The highest BCUT2D eigenvalue weighted by atomic mass is 19.1. The van der Waals surface area contributed by atoms with Gasteiger partial charge in [-0.05, 0) is 38.2 Å². The third kappa shape index (κ3) is 3.64. The van der Waals surface area contributed by atoms with E-state index in [4.69, 9.17) is 4.98 Å². The molecule has 1 saturated carbocycles. The van der Waals surface area contributed by atoms with Gasteiger partial charge in [0, 0.05) is 30.3 Å². The van der Waals surface area contributed by atoms with E-state index < -0.39 is 0 Å². The summed E-state index contributed by atoms with van der Waals surface area (Å²) in [5.74, 6) is 0.552. The average Bonchev–Trinajstić information content (AvgIpc) is 3.58. The highest BCUT2D eigenvalue weighted by Gasteiger charge is 2.36. The van der Waals surface area contributed by atoms with E-state index in [1.807, 2.05) is 41.3 Å². The summed E-state index contributed by atoms with van der Waals surface area (Å²) in [5.41, 5.74) is 3.19. The molecule has 0 bridgehead atoms. The molecule has 154 valence electrons. The lowest BCUT2D eigenvalue weighted by Gasteiger charge is -2.22. The molecular formula is C25H26FN3O. The first kappa shape index (κ1) is 19.0. The van der Waals surface area contributed by atoms with Crippen LogP contribution in [0.3, 0.4) is 0 Å². The van der Waals surface area contributed by atoms with Crippen molar-refractivity contribution in [2.24, 2.45) is 0 Å². The monoisotopic (exact) mass is 403 g/mol. The number of carbonyl (C=O) groups is 1. The summed E-state index contributed by atoms with van der Waals surface area (Å²) in [6.07, 6.45) is 6.13. The van der Waals surface area contributed by atoms with Crippen LogP contribution in [0.5, 0.6) is 0 Å². The van der Waals surface area contributed by atoms with Crippen molar-refractivity contribution in [2.45, 2.75) is 57.7 Å². The van der Waals surface area contributed by atoms with Crippen LogP contribution in [0.2, 0.25) is 0 Å². The molecule has 1 aliphatic carbocycles. The van der Waals surface area contributed by atoms with E-state index in [-0.39, 0.29) is 17.8 Å². The van der Waals surface area contributed by atoms with E-state index in [1.165, 1.54) is 6.07 Å². The predicted molar refractivity (Wildman–Crippen MR) is 115 cm³/mol. The van der Waals surface area contributed by atoms with Gasteiger partial charge in [-0.15, -0.1) is 0 Å². The zero-order valence-electron chi connectivity index (χ0n) is 17.1. The summed E-state index contributed by atoms with van der Waals surface area (Å²) in [6, 6.07) is 17.0. The molecule has 5 rings (SSSR count). The molecule has 5 heteroatoms. The Morgan fingerprint density at radius 2 is 1.80 bits per heavy atom. The fourth-order valence-electron chi connectivity index (χ4n) is 4.40. The number of aromatic nitrogens is 2. The Morgan fingerprint density at radius 3 is 2.57 bits per heavy atom. The van der Waals surface area contributed by atoms with Gasteiger partial charge in [0.15, 0.2) is 0 Å². The molecule has 0 atom stereocenters. The summed E-state index contributed by atoms with van der Waals surface area (Å²) in [6.45, 7) is 1.18. The first-order valence-electron chi connectivity index (χ1n) is 10.9. The van der Waals surface area contributed by atoms with Gasteiger partial charge < -0.3 is 9.47 Å². The Bertz CT molecular complexity index is 1060. The number of amides is 1. The number of imidazole rings is 1. The van der Waals surface area contributed by atoms with Gasteiger partial charge in [0.05, 0.1) is 5.69 Å². The SMILES string of the molecule is O=C(c1nc(-c2ccccc2)n2c1CCCCC2)N(Cc1ccccc1F)C1CC1. The molecule has 1 aromatic heterocycles. The molecule has 0 N–H and O–H groups in total. The van der Waals surface area contributed by atoms with Crippen LogP contribution in [-0.4, -0.2) is 26.4 Å². The fourth-order valence-corrected chi connectivity index (χ4v) is 4.40. The molecule has 4 nitrogen and oxygen atoms in total. The number of fused-ring (bicyclic) bond motifs is 1. The van der Waals surface area contributed by atoms with E-state index in [0.29, 0.717) is 17.8 Å². The fraction of sp³-hybridized carbons (Fsp3) is 0.360. The maximum atomic E-state index is 14.3. The van der Waals surface area contributed by atoms with Crippen LogP contribution in [0.15, 0.2) is 54.6 Å². The number of hydrogen-bond acceptors (Lipinski definition) is 2.